The van der Waals surface area contributed by atoms with Crippen molar-refractivity contribution in [2.24, 2.45) is 5.92 Å². The van der Waals surface area contributed by atoms with Crippen molar-refractivity contribution in [1.82, 2.24) is 10.2 Å². The van der Waals surface area contributed by atoms with Crippen molar-refractivity contribution < 1.29 is 14.3 Å². The Morgan fingerprint density at radius 3 is 3.00 bits per heavy atom. The summed E-state index contributed by atoms with van der Waals surface area (Å²) >= 11 is 0. The van der Waals surface area contributed by atoms with Crippen molar-refractivity contribution in [3.05, 3.63) is 29.3 Å². The van der Waals surface area contributed by atoms with Crippen molar-refractivity contribution >= 4 is 12.3 Å². The molecule has 6 heteroatoms. The van der Waals surface area contributed by atoms with E-state index in [0.29, 0.717) is 36.7 Å². The number of benzene rings is 1. The molecule has 0 spiro atoms. The molecule has 1 saturated heterocycles. The summed E-state index contributed by atoms with van der Waals surface area (Å²) < 4.78 is 5.14. The summed E-state index contributed by atoms with van der Waals surface area (Å²) in [6.45, 7) is 2.97. The molecule has 1 fully saturated rings. The summed E-state index contributed by atoms with van der Waals surface area (Å²) in [7, 11) is 1.50. The van der Waals surface area contributed by atoms with Crippen LogP contribution in [0.4, 0.5) is 0 Å². The Hall–Kier alpha value is -2.55. The molecule has 6 nitrogen and oxygen atoms in total. The van der Waals surface area contributed by atoms with Gasteiger partial charge in [0.05, 0.1) is 12.7 Å². The van der Waals surface area contributed by atoms with Gasteiger partial charge in [0.2, 0.25) is 12.3 Å². The van der Waals surface area contributed by atoms with Gasteiger partial charge in [0.1, 0.15) is 17.9 Å². The Labute approximate surface area is 129 Å². The first-order valence-electron chi connectivity index (χ1n) is 7.14. The molecule has 0 bridgehead atoms. The number of methoxy groups -OCH3 is 1. The predicted molar refractivity (Wildman–Crippen MR) is 79.9 cm³/mol. The predicted octanol–water partition coefficient (Wildman–Crippen LogP) is 1.05. The fraction of sp³-hybridized carbons (Fsp3) is 0.438. The van der Waals surface area contributed by atoms with Gasteiger partial charge in [-0.1, -0.05) is 13.0 Å². The standard InChI is InChI=1S/C16H19N3O3/c1-11-5-14(19(9-11)10-20)16(21)18-8-12-3-4-13(7-17)15(6-12)22-2/h3-4,6,10-11,14H,5,8-9H2,1-2H3,(H,18,21)/t11-,14-/m0/s1. The van der Waals surface area contributed by atoms with E-state index in [-0.39, 0.29) is 5.91 Å². The number of hydrogen-bond acceptors (Lipinski definition) is 4. The van der Waals surface area contributed by atoms with E-state index in [2.05, 4.69) is 5.32 Å². The van der Waals surface area contributed by atoms with Gasteiger partial charge in [0.15, 0.2) is 0 Å². The fourth-order valence-electron chi connectivity index (χ4n) is 2.70. The highest BCUT2D eigenvalue weighted by Crippen LogP contribution is 2.22. The molecule has 0 unspecified atom stereocenters. The highest BCUT2D eigenvalue weighted by molar-refractivity contribution is 5.84. The minimum atomic E-state index is -0.396. The zero-order valence-corrected chi connectivity index (χ0v) is 12.7. The molecule has 0 saturated carbocycles. The van der Waals surface area contributed by atoms with Gasteiger partial charge in [-0.15, -0.1) is 0 Å². The molecule has 1 aliphatic heterocycles. The monoisotopic (exact) mass is 301 g/mol. The molecule has 2 amide bonds. The minimum absolute atomic E-state index is 0.153. The number of nitriles is 1. The van der Waals surface area contributed by atoms with Crippen molar-refractivity contribution in [2.75, 3.05) is 13.7 Å². The van der Waals surface area contributed by atoms with E-state index in [0.717, 1.165) is 12.0 Å². The molecular weight excluding hydrogens is 282 g/mol. The van der Waals surface area contributed by atoms with E-state index in [1.165, 1.54) is 7.11 Å². The first-order valence-corrected chi connectivity index (χ1v) is 7.14. The zero-order chi connectivity index (χ0) is 16.1. The molecule has 1 aromatic rings. The van der Waals surface area contributed by atoms with Crippen LogP contribution in [0.1, 0.15) is 24.5 Å². The Morgan fingerprint density at radius 1 is 1.59 bits per heavy atom. The summed E-state index contributed by atoms with van der Waals surface area (Å²) in [5, 5.41) is 11.8. The van der Waals surface area contributed by atoms with E-state index in [4.69, 9.17) is 10.00 Å². The van der Waals surface area contributed by atoms with Crippen LogP contribution in [0.5, 0.6) is 5.75 Å². The molecule has 1 aliphatic rings. The fourth-order valence-corrected chi connectivity index (χ4v) is 2.70. The average molecular weight is 301 g/mol. The molecule has 2 atom stereocenters. The van der Waals surface area contributed by atoms with Crippen LogP contribution in [0.25, 0.3) is 0 Å². The third kappa shape index (κ3) is 3.37. The van der Waals surface area contributed by atoms with Gasteiger partial charge < -0.3 is 15.0 Å². The van der Waals surface area contributed by atoms with Crippen LogP contribution in [-0.4, -0.2) is 36.9 Å². The van der Waals surface area contributed by atoms with Crippen LogP contribution in [0.3, 0.4) is 0 Å². The van der Waals surface area contributed by atoms with Crippen LogP contribution >= 0.6 is 0 Å². The molecule has 22 heavy (non-hydrogen) atoms. The van der Waals surface area contributed by atoms with Crippen LogP contribution in [0, 0.1) is 17.2 Å². The van der Waals surface area contributed by atoms with E-state index < -0.39 is 6.04 Å². The van der Waals surface area contributed by atoms with Gasteiger partial charge in [0.25, 0.3) is 0 Å². The number of nitrogens with zero attached hydrogens (tertiary/aromatic N) is 2. The smallest absolute Gasteiger partial charge is 0.243 e. The molecule has 0 radical (unpaired) electrons. The van der Waals surface area contributed by atoms with Crippen LogP contribution in [-0.2, 0) is 16.1 Å². The number of carbonyl (C=O) groups is 2. The summed E-state index contributed by atoms with van der Waals surface area (Å²) in [6, 6.07) is 6.81. The van der Waals surface area contributed by atoms with E-state index in [1.807, 2.05) is 13.0 Å². The van der Waals surface area contributed by atoms with Gasteiger partial charge >= 0.3 is 0 Å². The Balaban J connectivity index is 1.99. The molecule has 0 aromatic heterocycles. The summed E-state index contributed by atoms with van der Waals surface area (Å²) in [5.41, 5.74) is 1.29. The van der Waals surface area contributed by atoms with Gasteiger partial charge in [0, 0.05) is 13.1 Å². The van der Waals surface area contributed by atoms with Gasteiger partial charge in [-0.2, -0.15) is 5.26 Å². The maximum absolute atomic E-state index is 12.2. The quantitative estimate of drug-likeness (QED) is 0.824. The largest absolute Gasteiger partial charge is 0.495 e. The summed E-state index contributed by atoms with van der Waals surface area (Å²) in [5.74, 6) is 0.661. The molecule has 0 aliphatic carbocycles. The number of nitrogens with one attached hydrogen (secondary N) is 1. The topological polar surface area (TPSA) is 82.4 Å². The van der Waals surface area contributed by atoms with Crippen molar-refractivity contribution in [1.29, 1.82) is 5.26 Å². The molecule has 116 valence electrons. The molecule has 2 rings (SSSR count). The lowest BCUT2D eigenvalue weighted by Gasteiger charge is -2.19. The van der Waals surface area contributed by atoms with Crippen molar-refractivity contribution in [3.63, 3.8) is 0 Å². The van der Waals surface area contributed by atoms with Gasteiger partial charge in [-0.3, -0.25) is 9.59 Å². The SMILES string of the molecule is COc1cc(CNC(=O)[C@@H]2C[C@H](C)CN2C=O)ccc1C#N. The molecule has 1 N–H and O–H groups in total. The lowest BCUT2D eigenvalue weighted by atomic mass is 10.1. The van der Waals surface area contributed by atoms with Crippen molar-refractivity contribution in [2.45, 2.75) is 25.9 Å². The number of ether oxygens (including phenoxy) is 1. The molecular formula is C16H19N3O3. The second-order valence-corrected chi connectivity index (χ2v) is 5.52. The third-order valence-electron chi connectivity index (χ3n) is 3.84. The number of carbonyl (C=O) groups excluding carboxylic acids is 2. The van der Waals surface area contributed by atoms with Crippen LogP contribution in [0.15, 0.2) is 18.2 Å². The van der Waals surface area contributed by atoms with Crippen LogP contribution in [0.2, 0.25) is 0 Å². The lowest BCUT2D eigenvalue weighted by Crippen LogP contribution is -2.42. The molecule has 1 heterocycles. The van der Waals surface area contributed by atoms with Crippen molar-refractivity contribution in [3.8, 4) is 11.8 Å². The second-order valence-electron chi connectivity index (χ2n) is 5.52. The highest BCUT2D eigenvalue weighted by Gasteiger charge is 2.33. The normalized spacial score (nSPS) is 20.3. The zero-order valence-electron chi connectivity index (χ0n) is 12.7. The third-order valence-corrected chi connectivity index (χ3v) is 3.84. The Kier molecular flexibility index (Phi) is 4.99. The minimum Gasteiger partial charge on any atom is -0.495 e. The van der Waals surface area contributed by atoms with E-state index in [1.54, 1.807) is 23.1 Å². The Bertz CT molecular complexity index is 609. The summed E-state index contributed by atoms with van der Waals surface area (Å²) in [4.78, 5) is 24.8. The first kappa shape index (κ1) is 15.8. The average Bonchev–Trinajstić information content (AvgIpc) is 2.93. The maximum atomic E-state index is 12.2. The number of amides is 2. The summed E-state index contributed by atoms with van der Waals surface area (Å²) in [6.07, 6.45) is 1.42. The van der Waals surface area contributed by atoms with Crippen LogP contribution < -0.4 is 10.1 Å². The van der Waals surface area contributed by atoms with E-state index in [9.17, 15) is 9.59 Å². The molecule has 1 aromatic carbocycles. The van der Waals surface area contributed by atoms with Gasteiger partial charge in [-0.05, 0) is 30.0 Å². The number of likely N-dealkylation sites (tertiary alicyclic amines) is 1. The Morgan fingerprint density at radius 2 is 2.36 bits per heavy atom. The number of rotatable bonds is 5. The maximum Gasteiger partial charge on any atom is 0.243 e. The van der Waals surface area contributed by atoms with E-state index >= 15 is 0 Å². The lowest BCUT2D eigenvalue weighted by molar-refractivity contribution is -0.131. The highest BCUT2D eigenvalue weighted by atomic mass is 16.5. The second kappa shape index (κ2) is 6.94. The number of hydrogen-bond donors (Lipinski definition) is 1. The first-order chi connectivity index (χ1) is 10.6. The van der Waals surface area contributed by atoms with Gasteiger partial charge in [-0.25, -0.2) is 0 Å².